The van der Waals surface area contributed by atoms with Crippen molar-refractivity contribution in [3.05, 3.63) is 127 Å². The van der Waals surface area contributed by atoms with Gasteiger partial charge in [-0.3, -0.25) is 0 Å². The molecule has 0 fully saturated rings. The zero-order valence-electron chi connectivity index (χ0n) is 39.8. The lowest BCUT2D eigenvalue weighted by molar-refractivity contribution is 0.669. The summed E-state index contributed by atoms with van der Waals surface area (Å²) in [5.41, 5.74) is 24.7. The first-order chi connectivity index (χ1) is 32.4. The minimum absolute atomic E-state index is 0.604. The van der Waals surface area contributed by atoms with Gasteiger partial charge >= 0.3 is 0 Å². The summed E-state index contributed by atoms with van der Waals surface area (Å²) in [5, 5.41) is 7.29. The molecule has 8 aromatic carbocycles. The Kier molecular flexibility index (Phi) is 9.35. The molecular formula is C51H41B10N5O. The van der Waals surface area contributed by atoms with Gasteiger partial charge in [0.15, 0.2) is 17.5 Å². The van der Waals surface area contributed by atoms with E-state index >= 15 is 0 Å². The molecule has 4 aromatic heterocycles. The van der Waals surface area contributed by atoms with E-state index in [1.165, 1.54) is 98.2 Å². The largest absolute Gasteiger partial charge is 0.456 e. The Bertz CT molecular complexity index is 4040. The van der Waals surface area contributed by atoms with Gasteiger partial charge in [-0.15, -0.1) is 10.9 Å². The summed E-state index contributed by atoms with van der Waals surface area (Å²) in [7, 11) is 23.1. The highest BCUT2D eigenvalue weighted by Crippen LogP contribution is 2.42. The van der Waals surface area contributed by atoms with Crippen LogP contribution in [0.2, 0.25) is 0 Å². The molecule has 0 radical (unpaired) electrons. The molecule has 16 heteroatoms. The summed E-state index contributed by atoms with van der Waals surface area (Å²) in [6.07, 6.45) is 0. The molecule has 0 unspecified atom stereocenters. The lowest BCUT2D eigenvalue weighted by atomic mass is 9.64. The zero-order valence-corrected chi connectivity index (χ0v) is 39.8. The molecule has 6 nitrogen and oxygen atoms in total. The maximum absolute atomic E-state index is 6.85. The second kappa shape index (κ2) is 15.2. The van der Waals surface area contributed by atoms with Gasteiger partial charge in [-0.2, -0.15) is 0 Å². The van der Waals surface area contributed by atoms with Gasteiger partial charge in [0.1, 0.15) is 89.6 Å². The van der Waals surface area contributed by atoms with Crippen LogP contribution in [0, 0.1) is 0 Å². The van der Waals surface area contributed by atoms with Crippen molar-refractivity contribution in [1.82, 2.24) is 24.1 Å². The molecule has 306 valence electrons. The lowest BCUT2D eigenvalue weighted by Crippen LogP contribution is -2.48. The highest BCUT2D eigenvalue weighted by atomic mass is 16.3. The van der Waals surface area contributed by atoms with Crippen LogP contribution in [0.3, 0.4) is 0 Å². The minimum atomic E-state index is 0.604. The van der Waals surface area contributed by atoms with Crippen LogP contribution in [-0.2, 0) is 0 Å². The second-order valence-corrected chi connectivity index (χ2v) is 18.7. The smallest absolute Gasteiger partial charge is 0.164 e. The maximum Gasteiger partial charge on any atom is 0.164 e. The number of aromatic nitrogens is 5. The summed E-state index contributed by atoms with van der Waals surface area (Å²) in [4.78, 5) is 15.3. The van der Waals surface area contributed by atoms with E-state index in [9.17, 15) is 0 Å². The highest BCUT2D eigenvalue weighted by Gasteiger charge is 2.30. The predicted octanol–water partition coefficient (Wildman–Crippen LogP) is -4.45. The summed E-state index contributed by atoms with van der Waals surface area (Å²) < 4.78 is 12.0. The first-order valence-electron chi connectivity index (χ1n) is 23.3. The van der Waals surface area contributed by atoms with E-state index in [1.807, 2.05) is 60.7 Å². The fourth-order valence-corrected chi connectivity index (χ4v) is 11.1. The summed E-state index contributed by atoms with van der Waals surface area (Å²) >= 11 is 0. The number of hydrogen-bond acceptors (Lipinski definition) is 4. The molecule has 4 heterocycles. The van der Waals surface area contributed by atoms with E-state index in [4.69, 9.17) is 19.4 Å². The van der Waals surface area contributed by atoms with Crippen molar-refractivity contribution in [2.24, 2.45) is 0 Å². The van der Waals surface area contributed by atoms with Gasteiger partial charge in [0.05, 0.1) is 22.1 Å². The molecule has 0 saturated carbocycles. The number of benzene rings is 8. The van der Waals surface area contributed by atoms with E-state index in [-0.39, 0.29) is 0 Å². The van der Waals surface area contributed by atoms with Crippen LogP contribution in [0.5, 0.6) is 0 Å². The van der Waals surface area contributed by atoms with Gasteiger partial charge in [-0.05, 0) is 53.2 Å². The molecule has 0 aliphatic heterocycles. The molecule has 0 atom stereocenters. The third kappa shape index (κ3) is 5.87. The Labute approximate surface area is 398 Å². The van der Waals surface area contributed by atoms with Crippen LogP contribution < -0.4 is 54.6 Å². The normalized spacial score (nSPS) is 11.9. The first kappa shape index (κ1) is 41.3. The van der Waals surface area contributed by atoms with Crippen LogP contribution in [0.1, 0.15) is 0 Å². The molecule has 0 spiro atoms. The molecule has 12 aromatic rings. The first-order valence-corrected chi connectivity index (χ1v) is 23.3. The molecule has 0 N–H and O–H groups in total. The molecule has 0 aliphatic rings. The van der Waals surface area contributed by atoms with Crippen molar-refractivity contribution in [3.8, 4) is 45.5 Å². The average Bonchev–Trinajstić information content (AvgIpc) is 4.05. The van der Waals surface area contributed by atoms with Gasteiger partial charge in [-0.1, -0.05) is 129 Å². The zero-order chi connectivity index (χ0) is 46.2. The third-order valence-electron chi connectivity index (χ3n) is 15.4. The number of furan rings is 1. The van der Waals surface area contributed by atoms with Crippen LogP contribution in [0.25, 0.3) is 111 Å². The minimum Gasteiger partial charge on any atom is -0.456 e. The number of nitrogens with zero attached hydrogens (tertiary/aromatic N) is 5. The van der Waals surface area contributed by atoms with E-state index in [2.05, 4.69) is 154 Å². The molecule has 67 heavy (non-hydrogen) atoms. The highest BCUT2D eigenvalue weighted by molar-refractivity contribution is 6.71. The summed E-state index contributed by atoms with van der Waals surface area (Å²) in [6, 6.07) is 44.2. The summed E-state index contributed by atoms with van der Waals surface area (Å²) in [5.74, 6) is 1.86. The van der Waals surface area contributed by atoms with Crippen LogP contribution in [0.4, 0.5) is 0 Å². The van der Waals surface area contributed by atoms with E-state index < -0.39 is 0 Å². The fraction of sp³-hybridized carbons (Fsp3) is 0. The Hall–Kier alpha value is -7.18. The van der Waals surface area contributed by atoms with Crippen molar-refractivity contribution >= 4 is 199 Å². The predicted molar refractivity (Wildman–Crippen MR) is 314 cm³/mol. The van der Waals surface area contributed by atoms with E-state index in [1.54, 1.807) is 0 Å². The second-order valence-electron chi connectivity index (χ2n) is 18.7. The fourth-order valence-electron chi connectivity index (χ4n) is 11.1. The molecular weight excluding hydrogens is 807 g/mol. The van der Waals surface area contributed by atoms with Crippen molar-refractivity contribution in [1.29, 1.82) is 0 Å². The van der Waals surface area contributed by atoms with E-state index in [0.717, 1.165) is 50.0 Å². The molecule has 0 amide bonds. The quantitative estimate of drug-likeness (QED) is 0.164. The Morgan fingerprint density at radius 2 is 0.761 bits per heavy atom. The number of para-hydroxylation sites is 1. The topological polar surface area (TPSA) is 61.7 Å². The SMILES string of the molecule is Bc1c(B)c(B)c2c(c1B)c1c(B)c(B)c3c4c(B)c(B)c(B)c(B)c4n(-c4cccc5oc6ccc(-c7nc(-c8ccccc8)nc(-c8ccccc8)n7)cc6c45)c3c1n2-c1ccccc1. The van der Waals surface area contributed by atoms with Gasteiger partial charge in [-0.25, -0.2) is 15.0 Å². The van der Waals surface area contributed by atoms with Crippen molar-refractivity contribution in [2.45, 2.75) is 0 Å². The Morgan fingerprint density at radius 1 is 0.328 bits per heavy atom. The van der Waals surface area contributed by atoms with Crippen LogP contribution in [0.15, 0.2) is 132 Å². The molecule has 0 bridgehead atoms. The average molecular weight is 848 g/mol. The van der Waals surface area contributed by atoms with Crippen molar-refractivity contribution < 1.29 is 4.42 Å². The third-order valence-corrected chi connectivity index (χ3v) is 15.4. The van der Waals surface area contributed by atoms with Gasteiger partial charge in [0, 0.05) is 49.6 Å². The number of rotatable bonds is 5. The Morgan fingerprint density at radius 3 is 1.30 bits per heavy atom. The lowest BCUT2D eigenvalue weighted by Gasteiger charge is -2.17. The van der Waals surface area contributed by atoms with E-state index in [0.29, 0.717) is 17.5 Å². The van der Waals surface area contributed by atoms with Gasteiger partial charge < -0.3 is 13.6 Å². The summed E-state index contributed by atoms with van der Waals surface area (Å²) in [6.45, 7) is 0. The van der Waals surface area contributed by atoms with Crippen molar-refractivity contribution in [2.75, 3.05) is 0 Å². The van der Waals surface area contributed by atoms with Crippen LogP contribution in [-0.4, -0.2) is 103 Å². The van der Waals surface area contributed by atoms with Gasteiger partial charge in [0.2, 0.25) is 0 Å². The molecule has 0 saturated heterocycles. The molecule has 0 aliphatic carbocycles. The van der Waals surface area contributed by atoms with Gasteiger partial charge in [0.25, 0.3) is 0 Å². The molecule has 12 rings (SSSR count). The van der Waals surface area contributed by atoms with Crippen LogP contribution >= 0.6 is 0 Å². The van der Waals surface area contributed by atoms with Crippen molar-refractivity contribution in [3.63, 3.8) is 0 Å². The number of hydrogen-bond donors (Lipinski definition) is 0. The monoisotopic (exact) mass is 849 g/mol. The number of fused-ring (bicyclic) bond motifs is 10. The Balaban J connectivity index is 1.26. The standard InChI is InChI=1S/C51H41B10N5O/c52-35-33-31-37(54)39(56)41(58)43(60)45(31)65(25-15-8-3-9-16-25)47(33)48-34(36(35)53)32-38(55)40(57)42(59)44(61)46(32)66(48)27-17-10-18-29-30(27)26-21-24(19-20-28(26)67-29)51-63-49(22-11-4-1-5-12-22)62-50(64-51)23-13-6-2-7-14-23/h1-21H,52-61H2. The maximum atomic E-state index is 6.85.